The standard InChI is InChI=1S/C13H22N4O/c1-3-4-10-5-7-11(8-6-10)15-13(18)12-14-9(2)16-17-12/h10-11H,3-8H2,1-2H3,(H,15,18)(H,14,16,17). The van der Waals surface area contributed by atoms with Crippen LogP contribution in [0.1, 0.15) is 61.9 Å². The second kappa shape index (κ2) is 5.98. The molecule has 100 valence electrons. The topological polar surface area (TPSA) is 70.7 Å². The first-order valence-corrected chi connectivity index (χ1v) is 6.89. The van der Waals surface area contributed by atoms with Crippen LogP contribution in [-0.4, -0.2) is 27.1 Å². The van der Waals surface area contributed by atoms with Crippen molar-refractivity contribution in [1.29, 1.82) is 0 Å². The van der Waals surface area contributed by atoms with Crippen LogP contribution < -0.4 is 5.32 Å². The molecule has 2 N–H and O–H groups in total. The Labute approximate surface area is 108 Å². The minimum absolute atomic E-state index is 0.154. The summed E-state index contributed by atoms with van der Waals surface area (Å²) in [4.78, 5) is 15.9. The van der Waals surface area contributed by atoms with E-state index in [0.29, 0.717) is 11.9 Å². The van der Waals surface area contributed by atoms with Crippen molar-refractivity contribution in [3.8, 4) is 0 Å². The van der Waals surface area contributed by atoms with Gasteiger partial charge in [-0.25, -0.2) is 4.98 Å². The van der Waals surface area contributed by atoms with Crippen molar-refractivity contribution in [2.45, 2.75) is 58.4 Å². The molecular formula is C13H22N4O. The Bertz CT molecular complexity index is 393. The van der Waals surface area contributed by atoms with Crippen molar-refractivity contribution < 1.29 is 4.79 Å². The zero-order chi connectivity index (χ0) is 13.0. The Morgan fingerprint density at radius 3 is 2.67 bits per heavy atom. The van der Waals surface area contributed by atoms with Gasteiger partial charge in [-0.3, -0.25) is 9.89 Å². The monoisotopic (exact) mass is 250 g/mol. The fraction of sp³-hybridized carbons (Fsp3) is 0.769. The number of H-pyrrole nitrogens is 1. The number of hydrogen-bond donors (Lipinski definition) is 2. The Kier molecular flexibility index (Phi) is 4.33. The van der Waals surface area contributed by atoms with E-state index in [-0.39, 0.29) is 11.7 Å². The molecule has 0 radical (unpaired) electrons. The van der Waals surface area contributed by atoms with Gasteiger partial charge in [0.15, 0.2) is 0 Å². The number of nitrogens with zero attached hydrogens (tertiary/aromatic N) is 2. The van der Waals surface area contributed by atoms with E-state index in [0.717, 1.165) is 18.8 Å². The summed E-state index contributed by atoms with van der Waals surface area (Å²) in [6, 6.07) is 0.296. The van der Waals surface area contributed by atoms with E-state index in [4.69, 9.17) is 0 Å². The highest BCUT2D eigenvalue weighted by Gasteiger charge is 2.23. The van der Waals surface area contributed by atoms with Gasteiger partial charge in [0, 0.05) is 6.04 Å². The highest BCUT2D eigenvalue weighted by molar-refractivity contribution is 5.90. The largest absolute Gasteiger partial charge is 0.347 e. The molecule has 0 unspecified atom stereocenters. The van der Waals surface area contributed by atoms with Crippen molar-refractivity contribution in [2.24, 2.45) is 5.92 Å². The number of aromatic amines is 1. The SMILES string of the molecule is CCCC1CCC(NC(=O)c2n[nH]c(C)n2)CC1. The van der Waals surface area contributed by atoms with E-state index in [2.05, 4.69) is 27.4 Å². The minimum Gasteiger partial charge on any atom is -0.347 e. The number of aromatic nitrogens is 3. The summed E-state index contributed by atoms with van der Waals surface area (Å²) in [7, 11) is 0. The third kappa shape index (κ3) is 3.31. The molecule has 0 aromatic carbocycles. The number of carbonyl (C=O) groups is 1. The summed E-state index contributed by atoms with van der Waals surface area (Å²) in [6.07, 6.45) is 7.20. The van der Waals surface area contributed by atoms with Gasteiger partial charge in [0.25, 0.3) is 5.91 Å². The first-order valence-electron chi connectivity index (χ1n) is 6.89. The molecule has 0 bridgehead atoms. The lowest BCUT2D eigenvalue weighted by molar-refractivity contribution is 0.0911. The van der Waals surface area contributed by atoms with E-state index in [1.54, 1.807) is 6.92 Å². The van der Waals surface area contributed by atoms with Crippen molar-refractivity contribution in [3.63, 3.8) is 0 Å². The van der Waals surface area contributed by atoms with Crippen LogP contribution in [0.3, 0.4) is 0 Å². The molecule has 1 amide bonds. The molecule has 1 aromatic rings. The van der Waals surface area contributed by atoms with Crippen molar-refractivity contribution in [2.75, 3.05) is 0 Å². The Morgan fingerprint density at radius 1 is 1.39 bits per heavy atom. The molecule has 5 nitrogen and oxygen atoms in total. The summed E-state index contributed by atoms with van der Waals surface area (Å²) in [5, 5.41) is 9.59. The van der Waals surface area contributed by atoms with Crippen molar-refractivity contribution in [1.82, 2.24) is 20.5 Å². The van der Waals surface area contributed by atoms with Crippen molar-refractivity contribution >= 4 is 5.91 Å². The number of nitrogens with one attached hydrogen (secondary N) is 2. The number of amides is 1. The maximum atomic E-state index is 11.9. The quantitative estimate of drug-likeness (QED) is 0.860. The Hall–Kier alpha value is -1.39. The maximum absolute atomic E-state index is 11.9. The third-order valence-electron chi connectivity index (χ3n) is 3.68. The zero-order valence-electron chi connectivity index (χ0n) is 11.2. The van der Waals surface area contributed by atoms with Gasteiger partial charge in [0.05, 0.1) is 0 Å². The van der Waals surface area contributed by atoms with Crippen LogP contribution >= 0.6 is 0 Å². The first kappa shape index (κ1) is 13.1. The molecule has 1 aromatic heterocycles. The van der Waals surface area contributed by atoms with Crippen LogP contribution in [0.15, 0.2) is 0 Å². The lowest BCUT2D eigenvalue weighted by Gasteiger charge is -2.28. The zero-order valence-corrected chi connectivity index (χ0v) is 11.2. The van der Waals surface area contributed by atoms with Crippen LogP contribution in [0.25, 0.3) is 0 Å². The summed E-state index contributed by atoms with van der Waals surface area (Å²) < 4.78 is 0. The average Bonchev–Trinajstić information content (AvgIpc) is 2.79. The predicted octanol–water partition coefficient (Wildman–Crippen LogP) is 2.20. The summed E-state index contributed by atoms with van der Waals surface area (Å²) in [5.41, 5.74) is 0. The first-order chi connectivity index (χ1) is 8.69. The molecule has 0 saturated heterocycles. The molecule has 1 aliphatic carbocycles. The molecule has 0 atom stereocenters. The summed E-state index contributed by atoms with van der Waals surface area (Å²) >= 11 is 0. The van der Waals surface area contributed by atoms with Gasteiger partial charge in [-0.15, -0.1) is 5.10 Å². The van der Waals surface area contributed by atoms with E-state index in [1.807, 2.05) is 0 Å². The molecule has 0 aliphatic heterocycles. The third-order valence-corrected chi connectivity index (χ3v) is 3.68. The number of aryl methyl sites for hydroxylation is 1. The minimum atomic E-state index is -0.154. The van der Waals surface area contributed by atoms with Crippen LogP contribution in [0, 0.1) is 12.8 Å². The van der Waals surface area contributed by atoms with E-state index >= 15 is 0 Å². The molecule has 18 heavy (non-hydrogen) atoms. The number of carbonyl (C=O) groups excluding carboxylic acids is 1. The Balaban J connectivity index is 1.79. The smallest absolute Gasteiger partial charge is 0.291 e. The lowest BCUT2D eigenvalue weighted by Crippen LogP contribution is -2.38. The molecule has 1 fully saturated rings. The highest BCUT2D eigenvalue weighted by atomic mass is 16.2. The molecule has 0 spiro atoms. The second-order valence-electron chi connectivity index (χ2n) is 5.22. The fourth-order valence-corrected chi connectivity index (χ4v) is 2.70. The summed E-state index contributed by atoms with van der Waals surface area (Å²) in [5.74, 6) is 1.63. The summed E-state index contributed by atoms with van der Waals surface area (Å²) in [6.45, 7) is 4.03. The molecule has 1 aliphatic rings. The normalized spacial score (nSPS) is 23.9. The van der Waals surface area contributed by atoms with Crippen LogP contribution in [0.4, 0.5) is 0 Å². The van der Waals surface area contributed by atoms with Crippen LogP contribution in [-0.2, 0) is 0 Å². The Morgan fingerprint density at radius 2 is 2.11 bits per heavy atom. The van der Waals surface area contributed by atoms with Gasteiger partial charge < -0.3 is 5.32 Å². The van der Waals surface area contributed by atoms with Gasteiger partial charge in [0.2, 0.25) is 5.82 Å². The van der Waals surface area contributed by atoms with Gasteiger partial charge in [-0.05, 0) is 38.5 Å². The average molecular weight is 250 g/mol. The molecule has 1 heterocycles. The molecule has 5 heteroatoms. The fourth-order valence-electron chi connectivity index (χ4n) is 2.70. The van der Waals surface area contributed by atoms with Crippen LogP contribution in [0.2, 0.25) is 0 Å². The number of rotatable bonds is 4. The van der Waals surface area contributed by atoms with Gasteiger partial charge >= 0.3 is 0 Å². The predicted molar refractivity (Wildman–Crippen MR) is 69.2 cm³/mol. The van der Waals surface area contributed by atoms with Gasteiger partial charge in [-0.2, -0.15) is 0 Å². The second-order valence-corrected chi connectivity index (χ2v) is 5.22. The molecular weight excluding hydrogens is 228 g/mol. The lowest BCUT2D eigenvalue weighted by atomic mass is 9.83. The number of hydrogen-bond acceptors (Lipinski definition) is 3. The van der Waals surface area contributed by atoms with E-state index in [9.17, 15) is 4.79 Å². The van der Waals surface area contributed by atoms with Crippen LogP contribution in [0.5, 0.6) is 0 Å². The van der Waals surface area contributed by atoms with Crippen molar-refractivity contribution in [3.05, 3.63) is 11.6 Å². The molecule has 2 rings (SSSR count). The highest BCUT2D eigenvalue weighted by Crippen LogP contribution is 2.27. The van der Waals surface area contributed by atoms with Gasteiger partial charge in [-0.1, -0.05) is 19.8 Å². The van der Waals surface area contributed by atoms with E-state index in [1.165, 1.54) is 25.7 Å². The molecule has 1 saturated carbocycles. The maximum Gasteiger partial charge on any atom is 0.291 e. The van der Waals surface area contributed by atoms with E-state index < -0.39 is 0 Å². The van der Waals surface area contributed by atoms with Gasteiger partial charge in [0.1, 0.15) is 5.82 Å².